The van der Waals surface area contributed by atoms with Crippen molar-refractivity contribution in [2.45, 2.75) is 39.5 Å². The monoisotopic (exact) mass is 333 g/mol. The number of aryl methyl sites for hydroxylation is 2. The largest absolute Gasteiger partial charge is 0.464 e. The van der Waals surface area contributed by atoms with E-state index in [1.165, 1.54) is 0 Å². The maximum absolute atomic E-state index is 12.5. The van der Waals surface area contributed by atoms with Crippen LogP contribution in [0.3, 0.4) is 0 Å². The highest BCUT2D eigenvalue weighted by Gasteiger charge is 2.29. The highest BCUT2D eigenvalue weighted by Crippen LogP contribution is 2.21. The molecule has 0 spiro atoms. The Bertz CT molecular complexity index is 695. The molecule has 2 aromatic rings. The van der Waals surface area contributed by atoms with Crippen molar-refractivity contribution in [3.63, 3.8) is 0 Å². The highest BCUT2D eigenvalue weighted by molar-refractivity contribution is 5.74. The van der Waals surface area contributed by atoms with E-state index in [1.54, 1.807) is 11.2 Å². The number of rotatable bonds is 4. The van der Waals surface area contributed by atoms with Crippen LogP contribution >= 0.6 is 0 Å². The first-order chi connectivity index (χ1) is 11.6. The van der Waals surface area contributed by atoms with Crippen LogP contribution in [-0.4, -0.2) is 45.4 Å². The summed E-state index contributed by atoms with van der Waals surface area (Å²) in [5.74, 6) is 2.33. The lowest BCUT2D eigenvalue weighted by Gasteiger charge is -2.33. The number of morpholine rings is 1. The van der Waals surface area contributed by atoms with Crippen molar-refractivity contribution in [3.8, 4) is 0 Å². The highest BCUT2D eigenvalue weighted by atomic mass is 16.5. The second-order valence-corrected chi connectivity index (χ2v) is 5.90. The van der Waals surface area contributed by atoms with E-state index in [9.17, 15) is 4.79 Å². The topological polar surface area (TPSA) is 85.4 Å². The minimum atomic E-state index is -0.256. The second-order valence-electron chi connectivity index (χ2n) is 5.90. The number of carbonyl (C=O) groups excluding carboxylic acids is 1. The zero-order valence-corrected chi connectivity index (χ0v) is 14.2. The van der Waals surface area contributed by atoms with Crippen molar-refractivity contribution in [2.24, 2.45) is 0 Å². The molecule has 0 unspecified atom stereocenters. The number of ether oxygens (including phenoxy) is 1. The summed E-state index contributed by atoms with van der Waals surface area (Å²) in [5.41, 5.74) is 0. The molecule has 1 aliphatic rings. The molecule has 2 atom stereocenters. The molecule has 2 aromatic heterocycles. The van der Waals surface area contributed by atoms with Gasteiger partial charge in [0, 0.05) is 13.1 Å². The first-order valence-electron chi connectivity index (χ1n) is 8.19. The first-order valence-corrected chi connectivity index (χ1v) is 8.19. The third-order valence-electron chi connectivity index (χ3n) is 4.16. The number of hydrogen-bond donors (Lipinski definition) is 1. The minimum absolute atomic E-state index is 0.132. The van der Waals surface area contributed by atoms with Gasteiger partial charge in [0.25, 0.3) is 0 Å². The number of carbonyl (C=O) groups is 1. The summed E-state index contributed by atoms with van der Waals surface area (Å²) in [6.45, 7) is 8.05. The predicted octanol–water partition coefficient (Wildman–Crippen LogP) is 2.04. The molecule has 0 saturated carbocycles. The zero-order valence-electron chi connectivity index (χ0n) is 14.2. The number of nitrogens with zero attached hydrogens (tertiary/aromatic N) is 4. The van der Waals surface area contributed by atoms with Crippen LogP contribution in [0, 0.1) is 6.92 Å². The Kier molecular flexibility index (Phi) is 4.84. The van der Waals surface area contributed by atoms with Gasteiger partial charge in [0.1, 0.15) is 24.0 Å². The molecule has 24 heavy (non-hydrogen) atoms. The zero-order chi connectivity index (χ0) is 17.1. The van der Waals surface area contributed by atoms with E-state index in [4.69, 9.17) is 9.15 Å². The number of hydrogen-bond acceptors (Lipinski definition) is 5. The van der Waals surface area contributed by atoms with E-state index in [1.807, 2.05) is 37.5 Å². The van der Waals surface area contributed by atoms with Crippen molar-refractivity contribution < 1.29 is 13.9 Å². The fourth-order valence-corrected chi connectivity index (χ4v) is 2.78. The standard InChI is InChI=1S/C16H23N5O3/c1-4-20-10-17-19-15(20)14-9-21(7-8-23-14)16(22)18-12(3)13-6-5-11(2)24-13/h5-6,10,12,14H,4,7-9H2,1-3H3,(H,18,22)/t12-,14+/m0/s1. The van der Waals surface area contributed by atoms with Crippen molar-refractivity contribution in [3.05, 3.63) is 35.8 Å². The van der Waals surface area contributed by atoms with Gasteiger partial charge in [-0.25, -0.2) is 4.79 Å². The maximum atomic E-state index is 12.5. The number of urea groups is 1. The van der Waals surface area contributed by atoms with Gasteiger partial charge in [-0.05, 0) is 32.9 Å². The van der Waals surface area contributed by atoms with Crippen molar-refractivity contribution in [1.82, 2.24) is 25.0 Å². The minimum Gasteiger partial charge on any atom is -0.464 e. The SMILES string of the molecule is CCn1cnnc1[C@H]1CN(C(=O)N[C@@H](C)c2ccc(C)o2)CCO1. The Morgan fingerprint density at radius 2 is 2.33 bits per heavy atom. The summed E-state index contributed by atoms with van der Waals surface area (Å²) in [7, 11) is 0. The van der Waals surface area contributed by atoms with Crippen LogP contribution in [0.1, 0.15) is 43.3 Å². The van der Waals surface area contributed by atoms with E-state index in [2.05, 4.69) is 15.5 Å². The van der Waals surface area contributed by atoms with Gasteiger partial charge in [-0.2, -0.15) is 0 Å². The lowest BCUT2D eigenvalue weighted by molar-refractivity contribution is -0.0221. The Labute approximate surface area is 140 Å². The fourth-order valence-electron chi connectivity index (χ4n) is 2.78. The molecule has 1 aliphatic heterocycles. The molecule has 3 rings (SSSR count). The van der Waals surface area contributed by atoms with Gasteiger partial charge >= 0.3 is 6.03 Å². The lowest BCUT2D eigenvalue weighted by atomic mass is 10.2. The van der Waals surface area contributed by atoms with Crippen LogP contribution in [0.15, 0.2) is 22.9 Å². The maximum Gasteiger partial charge on any atom is 0.318 e. The molecule has 0 aromatic carbocycles. The van der Waals surface area contributed by atoms with Crippen LogP contribution in [0.2, 0.25) is 0 Å². The van der Waals surface area contributed by atoms with E-state index >= 15 is 0 Å². The van der Waals surface area contributed by atoms with Crippen molar-refractivity contribution >= 4 is 6.03 Å². The van der Waals surface area contributed by atoms with Gasteiger partial charge < -0.3 is 23.9 Å². The first kappa shape index (κ1) is 16.5. The van der Waals surface area contributed by atoms with Crippen molar-refractivity contribution in [1.29, 1.82) is 0 Å². The summed E-state index contributed by atoms with van der Waals surface area (Å²) in [5, 5.41) is 11.0. The molecule has 2 amide bonds. The number of nitrogens with one attached hydrogen (secondary N) is 1. The molecule has 3 heterocycles. The average molecular weight is 333 g/mol. The van der Waals surface area contributed by atoms with Gasteiger partial charge in [-0.1, -0.05) is 0 Å². The number of amides is 2. The number of furan rings is 1. The van der Waals surface area contributed by atoms with E-state index in [0.29, 0.717) is 19.7 Å². The predicted molar refractivity (Wildman–Crippen MR) is 86.4 cm³/mol. The summed E-state index contributed by atoms with van der Waals surface area (Å²) in [4.78, 5) is 14.3. The van der Waals surface area contributed by atoms with Gasteiger partial charge in [0.2, 0.25) is 0 Å². The molecule has 1 N–H and O–H groups in total. The summed E-state index contributed by atoms with van der Waals surface area (Å²) in [6.07, 6.45) is 1.42. The Balaban J connectivity index is 1.63. The normalized spacial score (nSPS) is 19.3. The molecule has 8 nitrogen and oxygen atoms in total. The van der Waals surface area contributed by atoms with Crippen LogP contribution in [0.25, 0.3) is 0 Å². The smallest absolute Gasteiger partial charge is 0.318 e. The molecular weight excluding hydrogens is 310 g/mol. The Hall–Kier alpha value is -2.35. The van der Waals surface area contributed by atoms with Gasteiger partial charge in [0.05, 0.1) is 19.2 Å². The Morgan fingerprint density at radius 3 is 3.04 bits per heavy atom. The van der Waals surface area contributed by atoms with Crippen LogP contribution < -0.4 is 5.32 Å². The third-order valence-corrected chi connectivity index (χ3v) is 4.16. The molecule has 0 radical (unpaired) electrons. The Morgan fingerprint density at radius 1 is 1.50 bits per heavy atom. The van der Waals surface area contributed by atoms with E-state index in [-0.39, 0.29) is 18.2 Å². The van der Waals surface area contributed by atoms with E-state index < -0.39 is 0 Å². The summed E-state index contributed by atoms with van der Waals surface area (Å²) in [6, 6.07) is 3.45. The molecule has 130 valence electrons. The summed E-state index contributed by atoms with van der Waals surface area (Å²) >= 11 is 0. The molecule has 1 fully saturated rings. The van der Waals surface area contributed by atoms with E-state index in [0.717, 1.165) is 23.9 Å². The van der Waals surface area contributed by atoms with Crippen molar-refractivity contribution in [2.75, 3.05) is 19.7 Å². The molecule has 0 bridgehead atoms. The van der Waals surface area contributed by atoms with Crippen LogP contribution in [0.5, 0.6) is 0 Å². The molecule has 0 aliphatic carbocycles. The van der Waals surface area contributed by atoms with Gasteiger partial charge in [0.15, 0.2) is 5.82 Å². The van der Waals surface area contributed by atoms with Gasteiger partial charge in [-0.3, -0.25) is 0 Å². The lowest BCUT2D eigenvalue weighted by Crippen LogP contribution is -2.48. The molecule has 8 heteroatoms. The van der Waals surface area contributed by atoms with Crippen LogP contribution in [-0.2, 0) is 11.3 Å². The fraction of sp³-hybridized carbons (Fsp3) is 0.562. The van der Waals surface area contributed by atoms with Gasteiger partial charge in [-0.15, -0.1) is 10.2 Å². The summed E-state index contributed by atoms with van der Waals surface area (Å²) < 4.78 is 13.3. The average Bonchev–Trinajstić information content (AvgIpc) is 3.23. The second kappa shape index (κ2) is 7.04. The molecular formula is C16H23N5O3. The number of aromatic nitrogens is 3. The third kappa shape index (κ3) is 3.43. The molecule has 1 saturated heterocycles. The quantitative estimate of drug-likeness (QED) is 0.925. The van der Waals surface area contributed by atoms with Crippen LogP contribution in [0.4, 0.5) is 4.79 Å².